The van der Waals surface area contributed by atoms with E-state index in [9.17, 15) is 51.1 Å². The molecule has 0 aromatic heterocycles. The van der Waals surface area contributed by atoms with E-state index in [0.29, 0.717) is 35.4 Å². The molecule has 2 aliphatic heterocycles. The minimum atomic E-state index is -0.895. The summed E-state index contributed by atoms with van der Waals surface area (Å²) in [5.41, 5.74) is 1.51. The number of hydrogen-bond donors (Lipinski definition) is 10. The molecule has 7 saturated carbocycles. The molecule has 2 heterocycles. The highest BCUT2D eigenvalue weighted by atomic mass is 16.7. The van der Waals surface area contributed by atoms with Crippen molar-refractivity contribution in [3.05, 3.63) is 71.8 Å². The van der Waals surface area contributed by atoms with Gasteiger partial charge in [-0.15, -0.1) is 0 Å². The quantitative estimate of drug-likeness (QED) is 0.100. The molecule has 0 spiro atoms. The summed E-state index contributed by atoms with van der Waals surface area (Å²) in [6, 6.07) is 19.9. The summed E-state index contributed by atoms with van der Waals surface area (Å²) in [6.07, 6.45) is 4.75. The van der Waals surface area contributed by atoms with E-state index in [1.807, 2.05) is 139 Å². The van der Waals surface area contributed by atoms with Crippen molar-refractivity contribution in [2.45, 2.75) is 377 Å². The Bertz CT molecular complexity index is 3110. The third-order valence-electron chi connectivity index (χ3n) is 32.1. The predicted octanol–water partition coefficient (Wildman–Crippen LogP) is 17.8. The van der Waals surface area contributed by atoms with Crippen molar-refractivity contribution >= 4 is 0 Å². The standard InChI is InChI=1S/C19H28O3.C17H24O4.C14H28O.C13H26O2.C12H24O3.C12H24O2.C11H22O3/c1-13-15(20-5)18(2,3)11-19(4)12-21-17(22-16(13)19)14-9-7-6-8-10-14;1-16(2)9-17(3)10-20-15(11-7-5-4-6-8-11)21-14(17)12(18)13(16)19;1-8-14(6)9-13(4,5)12(15-7)10(2)11(14)3;1-7-13(5)8-12(3,4)11(15-6)9(2)10(13)14;1-8-9(14)12(4,7-13)6-11(2,3)10(8)15-5;1-6-12(5)7-11(3,4)10(14)9(13)8(12)2;1-7-8(13)9(14)10(2,3)5-11(7,4)6-12/h6-10,13,15-17H,11-12H2,1-5H3;4-8,12-15,18-19H,9-10H2,1-3H3;10-12H,8-9H2,1-7H3;9-11,14H,7-8H2,1-6H3;8-10,13-14H,6-7H2,1-5H3;8-10,13-14H,6-7H2,1-5H3;7-9,12-14H,5-6H2,1-4H3. The molecule has 0 amide bonds. The van der Waals surface area contributed by atoms with Crippen LogP contribution in [-0.2, 0) is 37.9 Å². The van der Waals surface area contributed by atoms with Crippen LogP contribution in [0.5, 0.6) is 0 Å². The van der Waals surface area contributed by atoms with Crippen LogP contribution in [-0.4, -0.2) is 191 Å². The number of benzene rings is 2. The maximum absolute atomic E-state index is 10.5. The van der Waals surface area contributed by atoms with E-state index in [0.717, 1.165) is 75.0 Å². The second-order valence-electron chi connectivity index (χ2n) is 45.5. The lowest BCUT2D eigenvalue weighted by atomic mass is 9.54. The Kier molecular flexibility index (Phi) is 35.5. The summed E-state index contributed by atoms with van der Waals surface area (Å²) in [5, 5.41) is 99.9. The molecular formula is C98H176O18. The molecule has 30 unspecified atom stereocenters. The van der Waals surface area contributed by atoms with Gasteiger partial charge in [-0.3, -0.25) is 0 Å². The second kappa shape index (κ2) is 39.5. The van der Waals surface area contributed by atoms with Gasteiger partial charge >= 0.3 is 0 Å². The van der Waals surface area contributed by atoms with Crippen molar-refractivity contribution in [2.24, 2.45) is 117 Å². The summed E-state index contributed by atoms with van der Waals surface area (Å²) < 4.78 is 47.0. The van der Waals surface area contributed by atoms with Gasteiger partial charge in [-0.1, -0.05) is 288 Å². The van der Waals surface area contributed by atoms with E-state index >= 15 is 0 Å². The zero-order chi connectivity index (χ0) is 89.1. The predicted molar refractivity (Wildman–Crippen MR) is 466 cm³/mol. The molecule has 10 N–H and O–H groups in total. The summed E-state index contributed by atoms with van der Waals surface area (Å²) in [6.45, 7) is 68.1. The first kappa shape index (κ1) is 104. The molecular weight excluding hydrogens is 1470 g/mol. The number of methoxy groups -OCH3 is 4. The molecule has 18 nitrogen and oxygen atoms in total. The Morgan fingerprint density at radius 2 is 0.586 bits per heavy atom. The summed E-state index contributed by atoms with van der Waals surface area (Å²) in [5.74, 6) is 2.11. The number of ether oxygens (including phenoxy) is 8. The first-order valence-corrected chi connectivity index (χ1v) is 44.5. The summed E-state index contributed by atoms with van der Waals surface area (Å²) >= 11 is 0. The Balaban J connectivity index is 0.000000243. The number of fused-ring (bicyclic) bond motifs is 2. The van der Waals surface area contributed by atoms with Crippen LogP contribution in [0.4, 0.5) is 0 Å². The molecule has 9 aliphatic rings. The largest absolute Gasteiger partial charge is 0.396 e. The highest BCUT2D eigenvalue weighted by molar-refractivity contribution is 5.19. The summed E-state index contributed by atoms with van der Waals surface area (Å²) in [4.78, 5) is 0. The zero-order valence-corrected chi connectivity index (χ0v) is 79.7. The van der Waals surface area contributed by atoms with Gasteiger partial charge in [0.15, 0.2) is 12.6 Å². The normalized spacial score (nSPS) is 44.6. The second-order valence-corrected chi connectivity index (χ2v) is 45.5. The molecule has 11 rings (SSSR count). The van der Waals surface area contributed by atoms with E-state index in [1.165, 1.54) is 12.8 Å². The molecule has 116 heavy (non-hydrogen) atoms. The van der Waals surface area contributed by atoms with Crippen LogP contribution < -0.4 is 0 Å². The monoisotopic (exact) mass is 1640 g/mol. The van der Waals surface area contributed by atoms with Gasteiger partial charge in [0.05, 0.1) is 99.2 Å². The van der Waals surface area contributed by atoms with Crippen molar-refractivity contribution in [1.82, 2.24) is 0 Å². The van der Waals surface area contributed by atoms with E-state index in [2.05, 4.69) is 151 Å². The molecule has 676 valence electrons. The lowest BCUT2D eigenvalue weighted by Gasteiger charge is -2.57. The minimum Gasteiger partial charge on any atom is -0.396 e. The Morgan fingerprint density at radius 3 is 0.966 bits per heavy atom. The van der Waals surface area contributed by atoms with Crippen LogP contribution in [0.15, 0.2) is 60.7 Å². The fourth-order valence-corrected chi connectivity index (χ4v) is 25.3. The molecule has 7 aliphatic carbocycles. The number of aliphatic hydroxyl groups excluding tert-OH is 10. The Labute approximate surface area is 706 Å². The first-order valence-electron chi connectivity index (χ1n) is 44.5. The highest BCUT2D eigenvalue weighted by Crippen LogP contribution is 2.59. The maximum atomic E-state index is 10.5. The third-order valence-corrected chi connectivity index (χ3v) is 32.1. The molecule has 2 aromatic rings. The SMILES string of the molecule is CC1(C)CC2(C)COC(c3ccccc3)OC2C(O)C1O.CC1C(O)C(O)C(C)(C)CC1(C)CO.CCC1(C)CC(C)(C)C(O)C(O)C1C.CCC1(C)CC(C)(C)C(OC)C(C)C1C.CCC1(C)CC(C)(C)C(OC)C(C)C1O.COC1C(C)C(O)C(C)(CO)CC1(C)C.COC1C(C)C2OC(c3ccccc3)OCC2(C)CC1(C)C. The van der Waals surface area contributed by atoms with Gasteiger partial charge in [0.1, 0.15) is 6.10 Å². The van der Waals surface area contributed by atoms with Gasteiger partial charge in [0.2, 0.25) is 0 Å². The van der Waals surface area contributed by atoms with Crippen molar-refractivity contribution in [3.63, 3.8) is 0 Å². The lowest BCUT2D eigenvalue weighted by molar-refractivity contribution is -0.322. The molecule has 0 radical (unpaired) electrons. The fourth-order valence-electron chi connectivity index (χ4n) is 25.3. The summed E-state index contributed by atoms with van der Waals surface area (Å²) in [7, 11) is 7.13. The van der Waals surface area contributed by atoms with Crippen molar-refractivity contribution in [3.8, 4) is 0 Å². The van der Waals surface area contributed by atoms with Crippen LogP contribution in [0.2, 0.25) is 0 Å². The van der Waals surface area contributed by atoms with Crippen LogP contribution >= 0.6 is 0 Å². The van der Waals surface area contributed by atoms with Gasteiger partial charge in [0, 0.05) is 80.2 Å². The van der Waals surface area contributed by atoms with Gasteiger partial charge in [0.25, 0.3) is 0 Å². The van der Waals surface area contributed by atoms with Crippen molar-refractivity contribution < 1.29 is 89.0 Å². The smallest absolute Gasteiger partial charge is 0.184 e. The van der Waals surface area contributed by atoms with Gasteiger partial charge in [-0.25, -0.2) is 0 Å². The van der Waals surface area contributed by atoms with Gasteiger partial charge < -0.3 is 89.0 Å². The Morgan fingerprint density at radius 1 is 0.310 bits per heavy atom. The third kappa shape index (κ3) is 22.5. The van der Waals surface area contributed by atoms with Crippen molar-refractivity contribution in [1.29, 1.82) is 0 Å². The van der Waals surface area contributed by atoms with Crippen LogP contribution in [0, 0.1) is 117 Å². The molecule has 0 bridgehead atoms. The average molecular weight is 1640 g/mol. The fraction of sp³-hybridized carbons (Fsp3) is 0.878. The Hall–Kier alpha value is -2.28. The average Bonchev–Trinajstić information content (AvgIpc) is 0.727. The van der Waals surface area contributed by atoms with Crippen LogP contribution in [0.25, 0.3) is 0 Å². The van der Waals surface area contributed by atoms with E-state index in [1.54, 1.807) is 14.2 Å². The number of rotatable bonds is 11. The minimum absolute atomic E-state index is 0.00905. The molecule has 2 saturated heterocycles. The molecule has 30 atom stereocenters. The van der Waals surface area contributed by atoms with Crippen LogP contribution in [0.3, 0.4) is 0 Å². The number of hydrogen-bond acceptors (Lipinski definition) is 18. The van der Waals surface area contributed by atoms with Crippen LogP contribution in [0.1, 0.15) is 303 Å². The number of aliphatic hydroxyl groups is 10. The van der Waals surface area contributed by atoms with Gasteiger partial charge in [-0.05, 0) is 135 Å². The topological polar surface area (TPSA) is 276 Å². The van der Waals surface area contributed by atoms with Gasteiger partial charge in [-0.2, -0.15) is 0 Å². The van der Waals surface area contributed by atoms with E-state index < -0.39 is 60.5 Å². The van der Waals surface area contributed by atoms with E-state index in [4.69, 9.17) is 37.9 Å². The highest BCUT2D eigenvalue weighted by Gasteiger charge is 2.61. The molecule has 9 fully saturated rings. The van der Waals surface area contributed by atoms with Crippen molar-refractivity contribution in [2.75, 3.05) is 54.9 Å². The first-order chi connectivity index (χ1) is 53.0. The lowest BCUT2D eigenvalue weighted by Crippen LogP contribution is -2.63. The van der Waals surface area contributed by atoms with E-state index in [-0.39, 0.29) is 133 Å². The molecule has 2 aromatic carbocycles. The zero-order valence-electron chi connectivity index (χ0n) is 79.7. The molecule has 18 heteroatoms. The maximum Gasteiger partial charge on any atom is 0.184 e.